The zero-order valence-electron chi connectivity index (χ0n) is 12.8. The van der Waals surface area contributed by atoms with Gasteiger partial charge in [-0.1, -0.05) is 0 Å². The van der Waals surface area contributed by atoms with Gasteiger partial charge in [-0.05, 0) is 0 Å². The predicted molar refractivity (Wildman–Crippen MR) is 79.5 cm³/mol. The summed E-state index contributed by atoms with van der Waals surface area (Å²) in [6.45, 7) is -0.568. The number of anilines is 1. The topological polar surface area (TPSA) is 169 Å². The third-order valence-corrected chi connectivity index (χ3v) is 4.13. The molecule has 3 heterocycles. The average Bonchev–Trinajstić information content (AvgIpc) is 2.98. The van der Waals surface area contributed by atoms with E-state index in [0.717, 1.165) is 0 Å². The molecule has 1 aliphatic rings. The highest BCUT2D eigenvalue weighted by Crippen LogP contribution is 2.31. The maximum absolute atomic E-state index is 10.3. The number of nitrogens with two attached hydrogens (primary N) is 1. The zero-order valence-corrected chi connectivity index (χ0v) is 12.8. The molecule has 11 nitrogen and oxygen atoms in total. The van der Waals surface area contributed by atoms with Crippen LogP contribution in [0.4, 0.5) is 5.82 Å². The van der Waals surface area contributed by atoms with E-state index in [9.17, 15) is 20.4 Å². The number of rotatable bonds is 3. The molecule has 0 bridgehead atoms. The van der Waals surface area contributed by atoms with Crippen molar-refractivity contribution in [2.75, 3.05) is 19.5 Å². The van der Waals surface area contributed by atoms with Gasteiger partial charge in [0.1, 0.15) is 42.4 Å². The third-order valence-electron chi connectivity index (χ3n) is 4.13. The number of imidazole rings is 1. The summed E-state index contributed by atoms with van der Waals surface area (Å²) in [6.07, 6.45) is -5.13. The van der Waals surface area contributed by atoms with Gasteiger partial charge in [-0.3, -0.25) is 4.57 Å². The molecule has 132 valence electrons. The van der Waals surface area contributed by atoms with Crippen molar-refractivity contribution in [3.8, 4) is 0 Å². The number of hydrogen-bond donors (Lipinski definition) is 5. The van der Waals surface area contributed by atoms with Gasteiger partial charge in [-0.25, -0.2) is 15.0 Å². The molecule has 1 aliphatic heterocycles. The Morgan fingerprint density at radius 1 is 1.21 bits per heavy atom. The highest BCUT2D eigenvalue weighted by Gasteiger charge is 2.46. The summed E-state index contributed by atoms with van der Waals surface area (Å²) < 4.78 is 12.4. The Morgan fingerprint density at radius 3 is 2.62 bits per heavy atom. The van der Waals surface area contributed by atoms with Crippen molar-refractivity contribution >= 4 is 17.0 Å². The molecule has 2 aromatic rings. The maximum atomic E-state index is 10.3. The molecule has 6 atom stereocenters. The van der Waals surface area contributed by atoms with Gasteiger partial charge in [0.25, 0.3) is 0 Å². The summed E-state index contributed by atoms with van der Waals surface area (Å²) in [4.78, 5) is 12.1. The first-order chi connectivity index (χ1) is 11.5. The summed E-state index contributed by atoms with van der Waals surface area (Å²) >= 11 is 0. The van der Waals surface area contributed by atoms with E-state index < -0.39 is 43.4 Å². The Kier molecular flexibility index (Phi) is 4.62. The number of aliphatic hydroxyl groups excluding tert-OH is 4. The lowest BCUT2D eigenvalue weighted by Crippen LogP contribution is -2.47. The number of nitrogen functional groups attached to an aromatic ring is 1. The van der Waals surface area contributed by atoms with Gasteiger partial charge >= 0.3 is 0 Å². The second kappa shape index (κ2) is 6.55. The molecule has 0 amide bonds. The van der Waals surface area contributed by atoms with Crippen molar-refractivity contribution in [1.29, 1.82) is 0 Å². The molecule has 11 heteroatoms. The van der Waals surface area contributed by atoms with E-state index in [2.05, 4.69) is 15.0 Å². The van der Waals surface area contributed by atoms with Gasteiger partial charge in [0.2, 0.25) is 0 Å². The van der Waals surface area contributed by atoms with E-state index in [1.54, 1.807) is 0 Å². The van der Waals surface area contributed by atoms with Crippen LogP contribution in [0.2, 0.25) is 0 Å². The summed E-state index contributed by atoms with van der Waals surface area (Å²) in [6, 6.07) is 0. The fourth-order valence-electron chi connectivity index (χ4n) is 2.81. The van der Waals surface area contributed by atoms with Gasteiger partial charge in [-0.15, -0.1) is 0 Å². The molecule has 1 fully saturated rings. The van der Waals surface area contributed by atoms with Crippen molar-refractivity contribution in [3.63, 3.8) is 0 Å². The van der Waals surface area contributed by atoms with Crippen LogP contribution in [0.1, 0.15) is 6.23 Å². The van der Waals surface area contributed by atoms with Gasteiger partial charge in [0.05, 0.1) is 12.9 Å². The van der Waals surface area contributed by atoms with Gasteiger partial charge in [0, 0.05) is 7.11 Å². The minimum atomic E-state index is -1.56. The molecule has 0 radical (unpaired) electrons. The summed E-state index contributed by atoms with van der Waals surface area (Å²) in [5.74, 6) is 0.167. The van der Waals surface area contributed by atoms with Crippen LogP contribution in [0.3, 0.4) is 0 Å². The van der Waals surface area contributed by atoms with Gasteiger partial charge < -0.3 is 35.6 Å². The Balaban J connectivity index is 2.09. The lowest BCUT2D eigenvalue weighted by molar-refractivity contribution is -0.158. The number of ether oxygens (including phenoxy) is 2. The number of nitrogens with zero attached hydrogens (tertiary/aromatic N) is 4. The Morgan fingerprint density at radius 2 is 1.96 bits per heavy atom. The largest absolute Gasteiger partial charge is 0.394 e. The van der Waals surface area contributed by atoms with E-state index >= 15 is 0 Å². The minimum Gasteiger partial charge on any atom is -0.394 e. The lowest BCUT2D eigenvalue weighted by Gasteiger charge is -2.29. The Labute approximate surface area is 136 Å². The van der Waals surface area contributed by atoms with Crippen molar-refractivity contribution in [1.82, 2.24) is 19.5 Å². The van der Waals surface area contributed by atoms with Crippen LogP contribution in [0.5, 0.6) is 0 Å². The van der Waals surface area contributed by atoms with Crippen molar-refractivity contribution in [2.45, 2.75) is 36.7 Å². The molecular weight excluding hydrogens is 322 g/mol. The second-order valence-corrected chi connectivity index (χ2v) is 5.50. The Hall–Kier alpha value is -1.89. The van der Waals surface area contributed by atoms with E-state index in [1.165, 1.54) is 24.3 Å². The number of aliphatic hydroxyl groups is 4. The molecule has 6 N–H and O–H groups in total. The fourth-order valence-corrected chi connectivity index (χ4v) is 2.81. The van der Waals surface area contributed by atoms with E-state index in [0.29, 0.717) is 11.2 Å². The monoisotopic (exact) mass is 341 g/mol. The molecule has 2 aromatic heterocycles. The molecule has 1 saturated heterocycles. The van der Waals surface area contributed by atoms with Crippen molar-refractivity contribution < 1.29 is 29.9 Å². The molecule has 3 rings (SSSR count). The number of hydrogen-bond acceptors (Lipinski definition) is 10. The highest BCUT2D eigenvalue weighted by molar-refractivity contribution is 5.81. The van der Waals surface area contributed by atoms with Crippen molar-refractivity contribution in [2.24, 2.45) is 0 Å². The van der Waals surface area contributed by atoms with E-state index in [-0.39, 0.29) is 5.82 Å². The van der Waals surface area contributed by atoms with Crippen LogP contribution >= 0.6 is 0 Å². The first-order valence-electron chi connectivity index (χ1n) is 7.26. The summed E-state index contributed by atoms with van der Waals surface area (Å²) in [7, 11) is 1.32. The van der Waals surface area contributed by atoms with Crippen LogP contribution < -0.4 is 5.73 Å². The Bertz CT molecular complexity index is 711. The zero-order chi connectivity index (χ0) is 17.4. The lowest BCUT2D eigenvalue weighted by atomic mass is 10.0. The SMILES string of the molecule is CO[C@@H]1[C@H](O)[C@@H](O)[C@H](O)[C@@H](CO)O[C@H]1n1cnc2c(N)ncnc21. The summed E-state index contributed by atoms with van der Waals surface area (Å²) in [5.41, 5.74) is 6.41. The molecule has 0 unspecified atom stereocenters. The quantitative estimate of drug-likeness (QED) is 0.399. The second-order valence-electron chi connectivity index (χ2n) is 5.50. The molecule has 0 saturated carbocycles. The molecule has 0 aliphatic carbocycles. The smallest absolute Gasteiger partial charge is 0.167 e. The third kappa shape index (κ3) is 2.60. The van der Waals surface area contributed by atoms with E-state index in [4.69, 9.17) is 15.2 Å². The first kappa shape index (κ1) is 17.0. The van der Waals surface area contributed by atoms with Crippen molar-refractivity contribution in [3.05, 3.63) is 12.7 Å². The van der Waals surface area contributed by atoms with Crippen LogP contribution in [-0.4, -0.2) is 84.2 Å². The van der Waals surface area contributed by atoms with Crippen LogP contribution in [0, 0.1) is 0 Å². The van der Waals surface area contributed by atoms with Crippen LogP contribution in [-0.2, 0) is 9.47 Å². The number of aromatic nitrogens is 4. The molecule has 0 aromatic carbocycles. The highest BCUT2D eigenvalue weighted by atomic mass is 16.6. The van der Waals surface area contributed by atoms with Crippen LogP contribution in [0.15, 0.2) is 12.7 Å². The minimum absolute atomic E-state index is 0.167. The fraction of sp³-hybridized carbons (Fsp3) is 0.615. The van der Waals surface area contributed by atoms with Gasteiger partial charge in [0.15, 0.2) is 17.7 Å². The maximum Gasteiger partial charge on any atom is 0.167 e. The van der Waals surface area contributed by atoms with E-state index in [1.807, 2.05) is 0 Å². The number of fused-ring (bicyclic) bond motifs is 1. The average molecular weight is 341 g/mol. The predicted octanol–water partition coefficient (Wildman–Crippen LogP) is -2.60. The first-order valence-corrected chi connectivity index (χ1v) is 7.26. The normalized spacial score (nSPS) is 34.4. The summed E-state index contributed by atoms with van der Waals surface area (Å²) in [5, 5.41) is 39.9. The van der Waals surface area contributed by atoms with Gasteiger partial charge in [-0.2, -0.15) is 0 Å². The standard InChI is InChI=1S/C13H19N5O6/c1-23-10-9(22)8(21)7(20)5(2-19)24-13(10)18-4-17-6-11(14)15-3-16-12(6)18/h3-5,7-10,13,19-22H,2H2,1H3,(H2,14,15,16)/t5-,7-,8+,9-,10-,13-/m1/s1. The molecule has 24 heavy (non-hydrogen) atoms. The number of methoxy groups -OCH3 is 1. The molecule has 0 spiro atoms. The van der Waals surface area contributed by atoms with Crippen LogP contribution in [0.25, 0.3) is 11.2 Å². The molecular formula is C13H19N5O6.